The summed E-state index contributed by atoms with van der Waals surface area (Å²) in [5.41, 5.74) is 3.69. The van der Waals surface area contributed by atoms with E-state index in [1.54, 1.807) is 0 Å². The fraction of sp³-hybridized carbons (Fsp3) is 0.278. The van der Waals surface area contributed by atoms with Crippen LogP contribution in [0, 0.1) is 0 Å². The molecule has 0 fully saturated rings. The van der Waals surface area contributed by atoms with Crippen LogP contribution in [-0.4, -0.2) is 26.4 Å². The van der Waals surface area contributed by atoms with Crippen molar-refractivity contribution in [2.75, 3.05) is 19.0 Å². The molecule has 0 heterocycles. The SMILES string of the molecule is C[C@@H](Cc1ccccc1)N=Cc1ccc(N(C)C)cc1. The lowest BCUT2D eigenvalue weighted by Crippen LogP contribution is -2.08. The van der Waals surface area contributed by atoms with Crippen LogP contribution in [0.5, 0.6) is 0 Å². The number of hydrogen-bond acceptors (Lipinski definition) is 2. The largest absolute Gasteiger partial charge is 0.378 e. The van der Waals surface area contributed by atoms with Crippen LogP contribution in [0.25, 0.3) is 0 Å². The standard InChI is InChI=1S/C18H22N2/c1-15(13-16-7-5-4-6-8-16)19-14-17-9-11-18(12-10-17)20(2)3/h4-12,14-15H,13H2,1-3H3/t15-/m0/s1. The van der Waals surface area contributed by atoms with Crippen LogP contribution in [0.4, 0.5) is 5.69 Å². The molecular formula is C18H22N2. The maximum Gasteiger partial charge on any atom is 0.0511 e. The van der Waals surface area contributed by atoms with Gasteiger partial charge in [0, 0.05) is 26.0 Å². The van der Waals surface area contributed by atoms with Crippen LogP contribution in [0.1, 0.15) is 18.1 Å². The lowest BCUT2D eigenvalue weighted by Gasteiger charge is -2.12. The fourth-order valence-electron chi connectivity index (χ4n) is 2.08. The Labute approximate surface area is 121 Å². The highest BCUT2D eigenvalue weighted by atomic mass is 15.1. The molecule has 104 valence electrons. The molecule has 20 heavy (non-hydrogen) atoms. The van der Waals surface area contributed by atoms with Crippen LogP contribution < -0.4 is 4.90 Å². The minimum Gasteiger partial charge on any atom is -0.378 e. The predicted molar refractivity (Wildman–Crippen MR) is 88.0 cm³/mol. The van der Waals surface area contributed by atoms with Gasteiger partial charge in [-0.05, 0) is 36.6 Å². The van der Waals surface area contributed by atoms with Gasteiger partial charge in [-0.15, -0.1) is 0 Å². The summed E-state index contributed by atoms with van der Waals surface area (Å²) in [6.07, 6.45) is 2.94. The summed E-state index contributed by atoms with van der Waals surface area (Å²) in [6, 6.07) is 19.2. The molecule has 0 N–H and O–H groups in total. The second-order valence-electron chi connectivity index (χ2n) is 5.30. The van der Waals surface area contributed by atoms with Gasteiger partial charge in [-0.2, -0.15) is 0 Å². The van der Waals surface area contributed by atoms with Crippen molar-refractivity contribution in [2.24, 2.45) is 4.99 Å². The first-order valence-corrected chi connectivity index (χ1v) is 6.99. The van der Waals surface area contributed by atoms with Gasteiger partial charge in [0.05, 0.1) is 6.04 Å². The van der Waals surface area contributed by atoms with Crippen molar-refractivity contribution in [3.63, 3.8) is 0 Å². The van der Waals surface area contributed by atoms with Gasteiger partial charge in [0.2, 0.25) is 0 Å². The molecule has 0 unspecified atom stereocenters. The molecule has 0 aliphatic heterocycles. The monoisotopic (exact) mass is 266 g/mol. The summed E-state index contributed by atoms with van der Waals surface area (Å²) in [4.78, 5) is 6.72. The Morgan fingerprint density at radius 3 is 2.25 bits per heavy atom. The van der Waals surface area contributed by atoms with Gasteiger partial charge in [0.1, 0.15) is 0 Å². The number of hydrogen-bond donors (Lipinski definition) is 0. The van der Waals surface area contributed by atoms with Crippen LogP contribution in [0.3, 0.4) is 0 Å². The molecule has 2 aromatic carbocycles. The van der Waals surface area contributed by atoms with Gasteiger partial charge >= 0.3 is 0 Å². The zero-order valence-electron chi connectivity index (χ0n) is 12.5. The second-order valence-corrected chi connectivity index (χ2v) is 5.30. The minimum absolute atomic E-state index is 0.297. The van der Waals surface area contributed by atoms with Crippen LogP contribution in [-0.2, 0) is 6.42 Å². The van der Waals surface area contributed by atoms with Gasteiger partial charge in [0.25, 0.3) is 0 Å². The molecule has 2 rings (SSSR count). The molecule has 0 bridgehead atoms. The van der Waals surface area contributed by atoms with E-state index < -0.39 is 0 Å². The molecule has 2 heteroatoms. The van der Waals surface area contributed by atoms with E-state index in [4.69, 9.17) is 0 Å². The Morgan fingerprint density at radius 1 is 1.00 bits per heavy atom. The normalized spacial score (nSPS) is 12.6. The van der Waals surface area contributed by atoms with E-state index in [-0.39, 0.29) is 0 Å². The molecule has 0 aliphatic carbocycles. The maximum atomic E-state index is 4.63. The highest BCUT2D eigenvalue weighted by molar-refractivity contribution is 5.80. The first-order valence-electron chi connectivity index (χ1n) is 6.99. The average molecular weight is 266 g/mol. The Kier molecular flexibility index (Phi) is 4.94. The fourth-order valence-corrected chi connectivity index (χ4v) is 2.08. The number of nitrogens with zero attached hydrogens (tertiary/aromatic N) is 2. The van der Waals surface area contributed by atoms with Crippen LogP contribution in [0.15, 0.2) is 59.6 Å². The quantitative estimate of drug-likeness (QED) is 0.752. The molecule has 0 radical (unpaired) electrons. The smallest absolute Gasteiger partial charge is 0.0511 e. The van der Waals surface area contributed by atoms with E-state index in [2.05, 4.69) is 65.3 Å². The van der Waals surface area contributed by atoms with Gasteiger partial charge < -0.3 is 4.90 Å². The maximum absolute atomic E-state index is 4.63. The zero-order chi connectivity index (χ0) is 14.4. The number of anilines is 1. The molecular weight excluding hydrogens is 244 g/mol. The summed E-state index contributed by atoms with van der Waals surface area (Å²) < 4.78 is 0. The molecule has 0 aliphatic rings. The second kappa shape index (κ2) is 6.90. The molecule has 0 amide bonds. The van der Waals surface area contributed by atoms with E-state index >= 15 is 0 Å². The number of benzene rings is 2. The van der Waals surface area contributed by atoms with Crippen molar-refractivity contribution >= 4 is 11.9 Å². The lowest BCUT2D eigenvalue weighted by atomic mass is 10.1. The first kappa shape index (κ1) is 14.3. The Hall–Kier alpha value is -2.09. The van der Waals surface area contributed by atoms with Crippen molar-refractivity contribution in [1.82, 2.24) is 0 Å². The van der Waals surface area contributed by atoms with Crippen molar-refractivity contribution < 1.29 is 0 Å². The summed E-state index contributed by atoms with van der Waals surface area (Å²) >= 11 is 0. The minimum atomic E-state index is 0.297. The number of aliphatic imine (C=N–C) groups is 1. The van der Waals surface area contributed by atoms with E-state index in [1.807, 2.05) is 26.4 Å². The molecule has 0 aromatic heterocycles. The predicted octanol–water partition coefficient (Wildman–Crippen LogP) is 3.80. The molecule has 0 saturated heterocycles. The molecule has 2 aromatic rings. The van der Waals surface area contributed by atoms with E-state index in [9.17, 15) is 0 Å². The first-order chi connectivity index (χ1) is 9.65. The Morgan fingerprint density at radius 2 is 1.65 bits per heavy atom. The van der Waals surface area contributed by atoms with E-state index in [0.717, 1.165) is 12.0 Å². The Balaban J connectivity index is 1.95. The lowest BCUT2D eigenvalue weighted by molar-refractivity contribution is 0.744. The summed E-state index contributed by atoms with van der Waals surface area (Å²) in [7, 11) is 4.09. The van der Waals surface area contributed by atoms with Crippen molar-refractivity contribution in [3.8, 4) is 0 Å². The van der Waals surface area contributed by atoms with Crippen LogP contribution in [0.2, 0.25) is 0 Å². The van der Waals surface area contributed by atoms with Crippen LogP contribution >= 0.6 is 0 Å². The number of rotatable bonds is 5. The average Bonchev–Trinajstić information content (AvgIpc) is 2.46. The van der Waals surface area contributed by atoms with E-state index in [0.29, 0.717) is 6.04 Å². The third-order valence-electron chi connectivity index (χ3n) is 3.26. The third kappa shape index (κ3) is 4.23. The molecule has 2 nitrogen and oxygen atoms in total. The Bertz CT molecular complexity index is 541. The van der Waals surface area contributed by atoms with Crippen molar-refractivity contribution in [1.29, 1.82) is 0 Å². The van der Waals surface area contributed by atoms with E-state index in [1.165, 1.54) is 11.3 Å². The van der Waals surface area contributed by atoms with Gasteiger partial charge in [-0.3, -0.25) is 4.99 Å². The molecule has 0 saturated carbocycles. The third-order valence-corrected chi connectivity index (χ3v) is 3.26. The van der Waals surface area contributed by atoms with Crippen molar-refractivity contribution in [3.05, 3.63) is 65.7 Å². The summed E-state index contributed by atoms with van der Waals surface area (Å²) in [5, 5.41) is 0. The molecule has 0 spiro atoms. The van der Waals surface area contributed by atoms with Gasteiger partial charge in [0.15, 0.2) is 0 Å². The molecule has 1 atom stereocenters. The summed E-state index contributed by atoms with van der Waals surface area (Å²) in [6.45, 7) is 2.15. The van der Waals surface area contributed by atoms with Gasteiger partial charge in [-0.1, -0.05) is 42.5 Å². The van der Waals surface area contributed by atoms with Gasteiger partial charge in [-0.25, -0.2) is 0 Å². The summed E-state index contributed by atoms with van der Waals surface area (Å²) in [5.74, 6) is 0. The highest BCUT2D eigenvalue weighted by Gasteiger charge is 2.00. The topological polar surface area (TPSA) is 15.6 Å². The zero-order valence-corrected chi connectivity index (χ0v) is 12.5. The van der Waals surface area contributed by atoms with Crippen molar-refractivity contribution in [2.45, 2.75) is 19.4 Å². The highest BCUT2D eigenvalue weighted by Crippen LogP contribution is 2.11.